The quantitative estimate of drug-likeness (QED) is 0.631. The Morgan fingerprint density at radius 2 is 1.86 bits per heavy atom. The number of hydrazine groups is 1. The van der Waals surface area contributed by atoms with Crippen LogP contribution >= 0.6 is 0 Å². The van der Waals surface area contributed by atoms with Crippen molar-refractivity contribution in [3.05, 3.63) is 64.7 Å². The van der Waals surface area contributed by atoms with E-state index in [4.69, 9.17) is 10.6 Å². The molecule has 112 valence electrons. The van der Waals surface area contributed by atoms with E-state index < -0.39 is 0 Å². The summed E-state index contributed by atoms with van der Waals surface area (Å²) >= 11 is 0. The molecule has 0 bridgehead atoms. The first-order valence-electron chi connectivity index (χ1n) is 7.39. The molecule has 2 aromatic rings. The third-order valence-corrected chi connectivity index (χ3v) is 3.81. The molecule has 0 radical (unpaired) electrons. The summed E-state index contributed by atoms with van der Waals surface area (Å²) < 4.78 is 5.70. The maximum atomic E-state index is 5.78. The maximum Gasteiger partial charge on any atom is 0.124 e. The van der Waals surface area contributed by atoms with Gasteiger partial charge in [-0.1, -0.05) is 36.4 Å². The van der Waals surface area contributed by atoms with E-state index in [9.17, 15) is 0 Å². The molecule has 0 heterocycles. The predicted molar refractivity (Wildman–Crippen MR) is 87.3 cm³/mol. The Bertz CT molecular complexity index is 596. The van der Waals surface area contributed by atoms with Gasteiger partial charge in [-0.3, -0.25) is 11.3 Å². The predicted octanol–water partition coefficient (Wildman–Crippen LogP) is 3.45. The minimum absolute atomic E-state index is 0.0369. The Morgan fingerprint density at radius 3 is 2.52 bits per heavy atom. The first-order valence-corrected chi connectivity index (χ1v) is 7.39. The second-order valence-electron chi connectivity index (χ2n) is 5.31. The summed E-state index contributed by atoms with van der Waals surface area (Å²) in [5, 5.41) is 0. The largest absolute Gasteiger partial charge is 0.494 e. The number of hydrogen-bond acceptors (Lipinski definition) is 3. The summed E-state index contributed by atoms with van der Waals surface area (Å²) in [6, 6.07) is 14.6. The third kappa shape index (κ3) is 3.84. The van der Waals surface area contributed by atoms with Crippen molar-refractivity contribution in [3.63, 3.8) is 0 Å². The SMILES string of the molecule is CCOc1ccccc1C(Cc1ccc(C)c(C)c1)NN. The van der Waals surface area contributed by atoms with Crippen LogP contribution in [0.2, 0.25) is 0 Å². The lowest BCUT2D eigenvalue weighted by Gasteiger charge is -2.20. The van der Waals surface area contributed by atoms with Crippen LogP contribution in [0.1, 0.15) is 35.2 Å². The Kier molecular flexibility index (Phi) is 5.37. The summed E-state index contributed by atoms with van der Waals surface area (Å²) in [6.45, 7) is 6.91. The van der Waals surface area contributed by atoms with Gasteiger partial charge in [0.25, 0.3) is 0 Å². The molecular formula is C18H24N2O. The molecule has 0 saturated carbocycles. The summed E-state index contributed by atoms with van der Waals surface area (Å²) in [5.41, 5.74) is 7.91. The van der Waals surface area contributed by atoms with Crippen LogP contribution in [0.15, 0.2) is 42.5 Å². The van der Waals surface area contributed by atoms with Crippen LogP contribution in [0.4, 0.5) is 0 Å². The number of hydrogen-bond donors (Lipinski definition) is 2. The van der Waals surface area contributed by atoms with Gasteiger partial charge in [-0.2, -0.15) is 0 Å². The molecule has 2 rings (SSSR count). The smallest absolute Gasteiger partial charge is 0.124 e. The van der Waals surface area contributed by atoms with Crippen molar-refractivity contribution in [3.8, 4) is 5.75 Å². The summed E-state index contributed by atoms with van der Waals surface area (Å²) in [6.07, 6.45) is 0.835. The Balaban J connectivity index is 2.25. The Morgan fingerprint density at radius 1 is 1.10 bits per heavy atom. The van der Waals surface area contributed by atoms with Crippen LogP contribution in [0, 0.1) is 13.8 Å². The molecular weight excluding hydrogens is 260 g/mol. The monoisotopic (exact) mass is 284 g/mol. The highest BCUT2D eigenvalue weighted by Gasteiger charge is 2.15. The molecule has 0 aliphatic carbocycles. The molecule has 2 aromatic carbocycles. The molecule has 3 N–H and O–H groups in total. The van der Waals surface area contributed by atoms with Gasteiger partial charge in [-0.25, -0.2) is 0 Å². The first kappa shape index (κ1) is 15.5. The average Bonchev–Trinajstić information content (AvgIpc) is 2.49. The zero-order valence-electron chi connectivity index (χ0n) is 13.0. The molecule has 1 unspecified atom stereocenters. The van der Waals surface area contributed by atoms with Crippen molar-refractivity contribution in [2.24, 2.45) is 5.84 Å². The molecule has 0 aliphatic heterocycles. The summed E-state index contributed by atoms with van der Waals surface area (Å²) in [4.78, 5) is 0. The second-order valence-corrected chi connectivity index (χ2v) is 5.31. The molecule has 0 spiro atoms. The van der Waals surface area contributed by atoms with Gasteiger partial charge in [0.2, 0.25) is 0 Å². The number of ether oxygens (including phenoxy) is 1. The molecule has 21 heavy (non-hydrogen) atoms. The van der Waals surface area contributed by atoms with Crippen LogP contribution in [0.5, 0.6) is 5.75 Å². The van der Waals surface area contributed by atoms with E-state index in [-0.39, 0.29) is 6.04 Å². The van der Waals surface area contributed by atoms with Gasteiger partial charge in [-0.15, -0.1) is 0 Å². The van der Waals surface area contributed by atoms with E-state index in [2.05, 4.69) is 43.5 Å². The van der Waals surface area contributed by atoms with Crippen LogP contribution in [-0.2, 0) is 6.42 Å². The lowest BCUT2D eigenvalue weighted by Crippen LogP contribution is -2.30. The van der Waals surface area contributed by atoms with E-state index in [1.165, 1.54) is 16.7 Å². The molecule has 0 aromatic heterocycles. The molecule has 3 heteroatoms. The lowest BCUT2D eigenvalue weighted by molar-refractivity contribution is 0.331. The maximum absolute atomic E-state index is 5.78. The van der Waals surface area contributed by atoms with Crippen molar-refractivity contribution in [1.29, 1.82) is 0 Å². The number of nitrogens with two attached hydrogens (primary N) is 1. The van der Waals surface area contributed by atoms with Crippen molar-refractivity contribution in [2.45, 2.75) is 33.2 Å². The highest BCUT2D eigenvalue weighted by atomic mass is 16.5. The molecule has 1 atom stereocenters. The zero-order valence-corrected chi connectivity index (χ0v) is 13.0. The Hall–Kier alpha value is -1.84. The van der Waals surface area contributed by atoms with Crippen LogP contribution < -0.4 is 16.0 Å². The van der Waals surface area contributed by atoms with E-state index in [1.807, 2.05) is 25.1 Å². The number of nitrogens with one attached hydrogen (secondary N) is 1. The number of rotatable bonds is 6. The zero-order chi connectivity index (χ0) is 15.2. The Labute approximate surface area is 127 Å². The number of aryl methyl sites for hydroxylation is 2. The number of benzene rings is 2. The van der Waals surface area contributed by atoms with Gasteiger partial charge in [-0.05, 0) is 49.9 Å². The van der Waals surface area contributed by atoms with Crippen molar-refractivity contribution >= 4 is 0 Å². The van der Waals surface area contributed by atoms with Crippen molar-refractivity contribution < 1.29 is 4.74 Å². The van der Waals surface area contributed by atoms with E-state index >= 15 is 0 Å². The summed E-state index contributed by atoms with van der Waals surface area (Å²) in [7, 11) is 0. The fraction of sp³-hybridized carbons (Fsp3) is 0.333. The molecule has 0 amide bonds. The fourth-order valence-corrected chi connectivity index (χ4v) is 2.48. The molecule has 0 saturated heterocycles. The highest BCUT2D eigenvalue weighted by molar-refractivity contribution is 5.38. The van der Waals surface area contributed by atoms with Crippen LogP contribution in [0.3, 0.4) is 0 Å². The minimum Gasteiger partial charge on any atom is -0.494 e. The van der Waals surface area contributed by atoms with Gasteiger partial charge in [0, 0.05) is 5.56 Å². The van der Waals surface area contributed by atoms with Crippen molar-refractivity contribution in [2.75, 3.05) is 6.61 Å². The van der Waals surface area contributed by atoms with Gasteiger partial charge < -0.3 is 4.74 Å². The molecule has 3 nitrogen and oxygen atoms in total. The van der Waals surface area contributed by atoms with E-state index in [0.717, 1.165) is 17.7 Å². The fourth-order valence-electron chi connectivity index (χ4n) is 2.48. The number of para-hydroxylation sites is 1. The van der Waals surface area contributed by atoms with Gasteiger partial charge >= 0.3 is 0 Å². The third-order valence-electron chi connectivity index (χ3n) is 3.81. The van der Waals surface area contributed by atoms with Gasteiger partial charge in [0.05, 0.1) is 12.6 Å². The van der Waals surface area contributed by atoms with E-state index in [1.54, 1.807) is 0 Å². The van der Waals surface area contributed by atoms with Crippen molar-refractivity contribution in [1.82, 2.24) is 5.43 Å². The first-order chi connectivity index (χ1) is 10.2. The minimum atomic E-state index is 0.0369. The van der Waals surface area contributed by atoms with Gasteiger partial charge in [0.1, 0.15) is 5.75 Å². The van der Waals surface area contributed by atoms with E-state index in [0.29, 0.717) is 6.61 Å². The normalized spacial score (nSPS) is 12.2. The van der Waals surface area contributed by atoms with Crippen LogP contribution in [-0.4, -0.2) is 6.61 Å². The second kappa shape index (κ2) is 7.25. The molecule has 0 aliphatic rings. The van der Waals surface area contributed by atoms with Gasteiger partial charge in [0.15, 0.2) is 0 Å². The average molecular weight is 284 g/mol. The van der Waals surface area contributed by atoms with Crippen LogP contribution in [0.25, 0.3) is 0 Å². The highest BCUT2D eigenvalue weighted by Crippen LogP contribution is 2.27. The lowest BCUT2D eigenvalue weighted by atomic mass is 9.96. The summed E-state index contributed by atoms with van der Waals surface area (Å²) in [5.74, 6) is 6.68. The standard InChI is InChI=1S/C18H24N2O/c1-4-21-18-8-6-5-7-16(18)17(20-19)12-15-10-9-13(2)14(3)11-15/h5-11,17,20H,4,12,19H2,1-3H3. The molecule has 0 fully saturated rings. The topological polar surface area (TPSA) is 47.3 Å².